The molecule has 0 bridgehead atoms. The highest BCUT2D eigenvalue weighted by Crippen LogP contribution is 2.32. The van der Waals surface area contributed by atoms with Gasteiger partial charge < -0.3 is 29.6 Å². The van der Waals surface area contributed by atoms with Gasteiger partial charge in [0.15, 0.2) is 5.75 Å². The number of benzene rings is 3. The zero-order chi connectivity index (χ0) is 30.1. The van der Waals surface area contributed by atoms with Gasteiger partial charge in [-0.3, -0.25) is 9.59 Å². The van der Waals surface area contributed by atoms with E-state index in [1.54, 1.807) is 50.6 Å². The first-order chi connectivity index (χ1) is 20.3. The Labute approximate surface area is 248 Å². The first-order valence-electron chi connectivity index (χ1n) is 13.1. The molecule has 0 aliphatic carbocycles. The largest absolute Gasteiger partial charge is 0.588 e. The number of hydrogen-bond donors (Lipinski definition) is 3. The van der Waals surface area contributed by atoms with Gasteiger partial charge in [0.05, 0.1) is 19.9 Å². The van der Waals surface area contributed by atoms with Crippen molar-refractivity contribution in [3.63, 3.8) is 0 Å². The molecule has 0 spiro atoms. The second-order valence-corrected chi connectivity index (χ2v) is 10.5. The van der Waals surface area contributed by atoms with Crippen LogP contribution in [-0.4, -0.2) is 67.7 Å². The standard InChI is InChI=1S/C31H33N5O5S/c1-36(2)31(38)23-9-5-8-21(18-23)22-13-14-27(40-3)28(19-22)42(39)35-25-11-6-10-24(20-25)32-16-17-33-29(37)26-12-7-15-34-30(26)41-4/h5-15,18-20,32,35H,16-17H2,1-4H3,(H,33,37). The number of carbonyl (C=O) groups excluding carboxylic acids is 2. The highest BCUT2D eigenvalue weighted by molar-refractivity contribution is 7.92. The van der Waals surface area contributed by atoms with Crippen LogP contribution in [0.15, 0.2) is 90.0 Å². The van der Waals surface area contributed by atoms with Crippen LogP contribution in [0.2, 0.25) is 0 Å². The summed E-state index contributed by atoms with van der Waals surface area (Å²) in [5.41, 5.74) is 3.97. The molecule has 3 aromatic carbocycles. The fourth-order valence-electron chi connectivity index (χ4n) is 4.15. The Hall–Kier alpha value is -4.74. The quantitative estimate of drug-likeness (QED) is 0.164. The lowest BCUT2D eigenvalue weighted by atomic mass is 10.0. The first kappa shape index (κ1) is 30.2. The summed E-state index contributed by atoms with van der Waals surface area (Å²) < 4.78 is 27.1. The number of nitrogens with one attached hydrogen (secondary N) is 3. The lowest BCUT2D eigenvalue weighted by Crippen LogP contribution is -2.29. The normalized spacial score (nSPS) is 11.3. The third-order valence-electron chi connectivity index (χ3n) is 6.23. The van der Waals surface area contributed by atoms with Gasteiger partial charge in [0.25, 0.3) is 11.8 Å². The minimum atomic E-state index is -1.65. The fourth-order valence-corrected chi connectivity index (χ4v) is 5.17. The van der Waals surface area contributed by atoms with Gasteiger partial charge in [0, 0.05) is 50.7 Å². The van der Waals surface area contributed by atoms with E-state index in [-0.39, 0.29) is 17.7 Å². The molecule has 1 aromatic heterocycles. The number of pyridine rings is 1. The molecule has 0 aliphatic heterocycles. The van der Waals surface area contributed by atoms with Crippen LogP contribution in [0, 0.1) is 0 Å². The number of carbonyl (C=O) groups is 2. The van der Waals surface area contributed by atoms with Crippen LogP contribution in [0.3, 0.4) is 0 Å². The van der Waals surface area contributed by atoms with Gasteiger partial charge in [-0.2, -0.15) is 0 Å². The Morgan fingerprint density at radius 2 is 1.64 bits per heavy atom. The summed E-state index contributed by atoms with van der Waals surface area (Å²) in [4.78, 5) is 30.9. The summed E-state index contributed by atoms with van der Waals surface area (Å²) >= 11 is -1.65. The van der Waals surface area contributed by atoms with Crippen LogP contribution in [0.25, 0.3) is 11.1 Å². The number of methoxy groups -OCH3 is 2. The number of aromatic nitrogens is 1. The van der Waals surface area contributed by atoms with E-state index in [9.17, 15) is 14.1 Å². The zero-order valence-electron chi connectivity index (χ0n) is 23.8. The summed E-state index contributed by atoms with van der Waals surface area (Å²) in [7, 11) is 6.41. The van der Waals surface area contributed by atoms with Crippen LogP contribution in [-0.2, 0) is 11.4 Å². The molecular weight excluding hydrogens is 554 g/mol. The summed E-state index contributed by atoms with van der Waals surface area (Å²) in [6, 6.07) is 23.4. The zero-order valence-corrected chi connectivity index (χ0v) is 24.7. The van der Waals surface area contributed by atoms with Gasteiger partial charge in [-0.05, 0) is 59.7 Å². The molecule has 1 atom stereocenters. The SMILES string of the molecule is COc1ccc(-c2cccc(C(=O)N(C)C)c2)cc1[S+]([O-])Nc1cccc(NCCNC(=O)c2cccnc2OC)c1. The van der Waals surface area contributed by atoms with Crippen molar-refractivity contribution in [1.29, 1.82) is 0 Å². The third kappa shape index (κ3) is 7.50. The maximum atomic E-state index is 13.5. The molecule has 3 N–H and O–H groups in total. The summed E-state index contributed by atoms with van der Waals surface area (Å²) in [5.74, 6) is 0.366. The molecule has 0 saturated heterocycles. The molecule has 218 valence electrons. The monoisotopic (exact) mass is 587 g/mol. The number of nitrogens with zero attached hydrogens (tertiary/aromatic N) is 2. The van der Waals surface area contributed by atoms with Crippen molar-refractivity contribution in [2.45, 2.75) is 4.90 Å². The van der Waals surface area contributed by atoms with Gasteiger partial charge in [-0.25, -0.2) is 9.71 Å². The molecule has 42 heavy (non-hydrogen) atoms. The number of anilines is 2. The Bertz CT molecular complexity index is 1550. The summed E-state index contributed by atoms with van der Waals surface area (Å²) in [5, 5.41) is 6.09. The maximum Gasteiger partial charge on any atom is 0.256 e. The van der Waals surface area contributed by atoms with E-state index >= 15 is 0 Å². The molecule has 10 nitrogen and oxygen atoms in total. The van der Waals surface area contributed by atoms with Gasteiger partial charge in [0.2, 0.25) is 10.8 Å². The number of amides is 2. The number of ether oxygens (including phenoxy) is 2. The fraction of sp³-hybridized carbons (Fsp3) is 0.194. The van der Waals surface area contributed by atoms with E-state index in [0.717, 1.165) is 16.8 Å². The topological polar surface area (TPSA) is 128 Å². The highest BCUT2D eigenvalue weighted by Gasteiger charge is 2.20. The van der Waals surface area contributed by atoms with E-state index in [2.05, 4.69) is 20.3 Å². The molecular formula is C31H33N5O5S. The molecule has 0 saturated carbocycles. The molecule has 4 aromatic rings. The highest BCUT2D eigenvalue weighted by atomic mass is 32.2. The second-order valence-electron chi connectivity index (χ2n) is 9.34. The summed E-state index contributed by atoms with van der Waals surface area (Å²) in [6.45, 7) is 0.831. The Balaban J connectivity index is 1.41. The Morgan fingerprint density at radius 3 is 2.40 bits per heavy atom. The number of rotatable bonds is 12. The van der Waals surface area contributed by atoms with Crippen molar-refractivity contribution in [1.82, 2.24) is 15.2 Å². The molecule has 4 rings (SSSR count). The van der Waals surface area contributed by atoms with E-state index in [1.165, 1.54) is 19.1 Å². The minimum Gasteiger partial charge on any atom is -0.588 e. The van der Waals surface area contributed by atoms with Crippen LogP contribution in [0.1, 0.15) is 20.7 Å². The average Bonchev–Trinajstić information content (AvgIpc) is 3.02. The van der Waals surface area contributed by atoms with E-state index in [1.807, 2.05) is 48.5 Å². The van der Waals surface area contributed by atoms with Crippen LogP contribution >= 0.6 is 0 Å². The molecule has 0 fully saturated rings. The smallest absolute Gasteiger partial charge is 0.256 e. The molecule has 0 radical (unpaired) electrons. The van der Waals surface area contributed by atoms with E-state index < -0.39 is 11.4 Å². The van der Waals surface area contributed by atoms with Crippen LogP contribution in [0.4, 0.5) is 11.4 Å². The Kier molecular flexibility index (Phi) is 10.2. The molecule has 11 heteroatoms. The minimum absolute atomic E-state index is 0.0968. The molecule has 1 heterocycles. The molecule has 2 amide bonds. The van der Waals surface area contributed by atoms with Crippen molar-refractivity contribution in [2.24, 2.45) is 0 Å². The van der Waals surface area contributed by atoms with Gasteiger partial charge in [-0.1, -0.05) is 24.3 Å². The predicted molar refractivity (Wildman–Crippen MR) is 165 cm³/mol. The molecule has 1 unspecified atom stereocenters. The molecule has 0 aliphatic rings. The van der Waals surface area contributed by atoms with Crippen molar-refractivity contribution >= 4 is 34.6 Å². The van der Waals surface area contributed by atoms with E-state index in [4.69, 9.17) is 9.47 Å². The maximum absolute atomic E-state index is 13.5. The van der Waals surface area contributed by atoms with E-state index in [0.29, 0.717) is 40.5 Å². The van der Waals surface area contributed by atoms with Crippen molar-refractivity contribution in [3.8, 4) is 22.8 Å². The van der Waals surface area contributed by atoms with Crippen molar-refractivity contribution in [2.75, 3.05) is 51.4 Å². The van der Waals surface area contributed by atoms with Gasteiger partial charge in [0.1, 0.15) is 16.9 Å². The number of hydrogen-bond acceptors (Lipinski definition) is 8. The van der Waals surface area contributed by atoms with Crippen molar-refractivity contribution < 1.29 is 23.6 Å². The lowest BCUT2D eigenvalue weighted by Gasteiger charge is -2.16. The predicted octanol–water partition coefficient (Wildman–Crippen LogP) is 4.44. The summed E-state index contributed by atoms with van der Waals surface area (Å²) in [6.07, 6.45) is 1.56. The first-order valence-corrected chi connectivity index (χ1v) is 14.3. The lowest BCUT2D eigenvalue weighted by molar-refractivity contribution is 0.0827. The third-order valence-corrected chi connectivity index (χ3v) is 7.37. The van der Waals surface area contributed by atoms with Gasteiger partial charge >= 0.3 is 0 Å². The van der Waals surface area contributed by atoms with Crippen molar-refractivity contribution in [3.05, 3.63) is 96.2 Å². The Morgan fingerprint density at radius 1 is 0.881 bits per heavy atom. The van der Waals surface area contributed by atoms with Gasteiger partial charge in [-0.15, -0.1) is 0 Å². The second kappa shape index (κ2) is 14.2. The average molecular weight is 588 g/mol. The van der Waals surface area contributed by atoms with Crippen LogP contribution < -0.4 is 24.8 Å². The van der Waals surface area contributed by atoms with Crippen LogP contribution in [0.5, 0.6) is 11.6 Å².